The highest BCUT2D eigenvalue weighted by molar-refractivity contribution is 5.83. The predicted octanol–water partition coefficient (Wildman–Crippen LogP) is 2.20. The fourth-order valence-corrected chi connectivity index (χ4v) is 0.535. The molecule has 0 N–H and O–H groups in total. The molecular formula is C7H15NO. The minimum Gasteiger partial charge on any atom is -0.396 e. The zero-order valence-electron chi connectivity index (χ0n) is 6.48. The van der Waals surface area contributed by atoms with Crippen LogP contribution in [0.3, 0.4) is 0 Å². The Kier molecular flexibility index (Phi) is 5.27. The summed E-state index contributed by atoms with van der Waals surface area (Å²) < 4.78 is 0. The van der Waals surface area contributed by atoms with Gasteiger partial charge in [0.1, 0.15) is 6.61 Å². The molecule has 0 unspecified atom stereocenters. The van der Waals surface area contributed by atoms with Gasteiger partial charge in [0, 0.05) is 0 Å². The van der Waals surface area contributed by atoms with E-state index >= 15 is 0 Å². The fraction of sp³-hybridized carbons (Fsp3) is 0.857. The van der Waals surface area contributed by atoms with Crippen molar-refractivity contribution in [3.05, 3.63) is 0 Å². The van der Waals surface area contributed by atoms with Crippen molar-refractivity contribution in [3.8, 4) is 0 Å². The molecule has 0 spiro atoms. The van der Waals surface area contributed by atoms with E-state index in [9.17, 15) is 0 Å². The van der Waals surface area contributed by atoms with Crippen molar-refractivity contribution >= 4 is 5.71 Å². The average molecular weight is 129 g/mol. The van der Waals surface area contributed by atoms with Crippen molar-refractivity contribution in [1.29, 1.82) is 0 Å². The molecule has 0 radical (unpaired) electrons. The van der Waals surface area contributed by atoms with Crippen molar-refractivity contribution < 1.29 is 4.84 Å². The number of nitrogens with zero attached hydrogens (tertiary/aromatic N) is 1. The summed E-state index contributed by atoms with van der Waals surface area (Å²) in [7, 11) is 0. The predicted molar refractivity (Wildman–Crippen MR) is 39.6 cm³/mol. The van der Waals surface area contributed by atoms with E-state index in [1.807, 2.05) is 6.92 Å². The molecule has 0 saturated carbocycles. The molecule has 0 amide bonds. The van der Waals surface area contributed by atoms with Crippen LogP contribution in [0.1, 0.15) is 33.6 Å². The molecule has 0 aromatic heterocycles. The van der Waals surface area contributed by atoms with E-state index in [-0.39, 0.29) is 0 Å². The second-order valence-electron chi connectivity index (χ2n) is 1.78. The quantitative estimate of drug-likeness (QED) is 0.421. The highest BCUT2D eigenvalue weighted by Crippen LogP contribution is 1.91. The van der Waals surface area contributed by atoms with E-state index in [4.69, 9.17) is 4.84 Å². The van der Waals surface area contributed by atoms with Gasteiger partial charge in [0.15, 0.2) is 0 Å². The van der Waals surface area contributed by atoms with Crippen molar-refractivity contribution in [3.63, 3.8) is 0 Å². The fourth-order valence-electron chi connectivity index (χ4n) is 0.535. The van der Waals surface area contributed by atoms with Crippen LogP contribution in [0.4, 0.5) is 0 Å². The Hall–Kier alpha value is -0.530. The maximum atomic E-state index is 4.87. The van der Waals surface area contributed by atoms with Gasteiger partial charge in [0.2, 0.25) is 0 Å². The molecule has 0 heterocycles. The van der Waals surface area contributed by atoms with Crippen molar-refractivity contribution in [1.82, 2.24) is 0 Å². The Balaban J connectivity index is 3.48. The molecule has 0 saturated heterocycles. The summed E-state index contributed by atoms with van der Waals surface area (Å²) in [6.45, 7) is 6.78. The standard InChI is InChI=1S/C7H15NO/c1-4-7(5-2)8-9-6-3/h4-6H2,1-3H3. The second-order valence-corrected chi connectivity index (χ2v) is 1.78. The summed E-state index contributed by atoms with van der Waals surface area (Å²) in [5, 5.41) is 3.90. The normalized spacial score (nSPS) is 8.78. The van der Waals surface area contributed by atoms with Gasteiger partial charge < -0.3 is 4.84 Å². The molecule has 0 aliphatic carbocycles. The van der Waals surface area contributed by atoms with Gasteiger partial charge in [-0.2, -0.15) is 0 Å². The molecule has 0 aliphatic rings. The van der Waals surface area contributed by atoms with Gasteiger partial charge in [0.05, 0.1) is 5.71 Å². The smallest absolute Gasteiger partial charge is 0.114 e. The summed E-state index contributed by atoms with van der Waals surface area (Å²) >= 11 is 0. The molecule has 9 heavy (non-hydrogen) atoms. The van der Waals surface area contributed by atoms with Gasteiger partial charge in [-0.15, -0.1) is 0 Å². The Morgan fingerprint density at radius 1 is 1.22 bits per heavy atom. The van der Waals surface area contributed by atoms with E-state index in [0.29, 0.717) is 6.61 Å². The molecule has 2 nitrogen and oxygen atoms in total. The minimum atomic E-state index is 0.670. The molecule has 0 aromatic carbocycles. The maximum absolute atomic E-state index is 4.87. The first-order chi connectivity index (χ1) is 4.35. The van der Waals surface area contributed by atoms with Crippen LogP contribution in [0.5, 0.6) is 0 Å². The van der Waals surface area contributed by atoms with Gasteiger partial charge >= 0.3 is 0 Å². The summed E-state index contributed by atoms with van der Waals surface area (Å²) in [5.41, 5.74) is 1.14. The Morgan fingerprint density at radius 2 is 1.78 bits per heavy atom. The molecule has 54 valence electrons. The van der Waals surface area contributed by atoms with Gasteiger partial charge in [-0.1, -0.05) is 19.0 Å². The third kappa shape index (κ3) is 4.01. The molecule has 0 atom stereocenters. The van der Waals surface area contributed by atoms with Crippen LogP contribution >= 0.6 is 0 Å². The van der Waals surface area contributed by atoms with Crippen molar-refractivity contribution in [2.24, 2.45) is 5.16 Å². The molecule has 2 heteroatoms. The van der Waals surface area contributed by atoms with Crippen LogP contribution < -0.4 is 0 Å². The van der Waals surface area contributed by atoms with Crippen LogP contribution in [0, 0.1) is 0 Å². The number of rotatable bonds is 4. The largest absolute Gasteiger partial charge is 0.396 e. The van der Waals surface area contributed by atoms with Crippen molar-refractivity contribution in [2.45, 2.75) is 33.6 Å². The lowest BCUT2D eigenvalue weighted by atomic mass is 10.2. The first-order valence-electron chi connectivity index (χ1n) is 3.52. The molecular weight excluding hydrogens is 114 g/mol. The van der Waals surface area contributed by atoms with Crippen molar-refractivity contribution in [2.75, 3.05) is 6.61 Å². The maximum Gasteiger partial charge on any atom is 0.114 e. The minimum absolute atomic E-state index is 0.670. The molecule has 0 fully saturated rings. The zero-order valence-corrected chi connectivity index (χ0v) is 6.48. The van der Waals surface area contributed by atoms with Crippen LogP contribution in [0.15, 0.2) is 5.16 Å². The molecule has 0 rings (SSSR count). The van der Waals surface area contributed by atoms with E-state index in [0.717, 1.165) is 18.6 Å². The zero-order chi connectivity index (χ0) is 7.11. The van der Waals surface area contributed by atoms with E-state index in [2.05, 4.69) is 19.0 Å². The summed E-state index contributed by atoms with van der Waals surface area (Å²) in [4.78, 5) is 4.87. The van der Waals surface area contributed by atoms with Crippen LogP contribution in [-0.4, -0.2) is 12.3 Å². The Morgan fingerprint density at radius 3 is 2.11 bits per heavy atom. The first kappa shape index (κ1) is 8.47. The van der Waals surface area contributed by atoms with E-state index in [1.54, 1.807) is 0 Å². The summed E-state index contributed by atoms with van der Waals surface area (Å²) in [6, 6.07) is 0. The third-order valence-corrected chi connectivity index (χ3v) is 1.14. The van der Waals surface area contributed by atoms with E-state index < -0.39 is 0 Å². The van der Waals surface area contributed by atoms with E-state index in [1.165, 1.54) is 0 Å². The Bertz CT molecular complexity index is 82.9. The Labute approximate surface area is 56.9 Å². The monoisotopic (exact) mass is 129 g/mol. The van der Waals surface area contributed by atoms with Gasteiger partial charge in [-0.25, -0.2) is 0 Å². The van der Waals surface area contributed by atoms with Gasteiger partial charge in [-0.3, -0.25) is 0 Å². The van der Waals surface area contributed by atoms with Crippen LogP contribution in [0.2, 0.25) is 0 Å². The lowest BCUT2D eigenvalue weighted by Gasteiger charge is -1.97. The average Bonchev–Trinajstić information content (AvgIpc) is 1.91. The molecule has 0 aromatic rings. The summed E-state index contributed by atoms with van der Waals surface area (Å²) in [6.07, 6.45) is 1.99. The highest BCUT2D eigenvalue weighted by atomic mass is 16.6. The second kappa shape index (κ2) is 5.60. The lowest BCUT2D eigenvalue weighted by molar-refractivity contribution is 0.157. The molecule has 0 aliphatic heterocycles. The third-order valence-electron chi connectivity index (χ3n) is 1.14. The van der Waals surface area contributed by atoms with Crippen LogP contribution in [0.25, 0.3) is 0 Å². The lowest BCUT2D eigenvalue weighted by Crippen LogP contribution is -1.94. The van der Waals surface area contributed by atoms with Crippen LogP contribution in [-0.2, 0) is 4.84 Å². The number of hydrogen-bond acceptors (Lipinski definition) is 2. The first-order valence-corrected chi connectivity index (χ1v) is 3.52. The molecule has 0 bridgehead atoms. The SMILES string of the molecule is CCON=C(CC)CC. The summed E-state index contributed by atoms with van der Waals surface area (Å²) in [5.74, 6) is 0. The van der Waals surface area contributed by atoms with Gasteiger partial charge in [-0.05, 0) is 19.8 Å². The van der Waals surface area contributed by atoms with Gasteiger partial charge in [0.25, 0.3) is 0 Å². The number of oxime groups is 1. The highest BCUT2D eigenvalue weighted by Gasteiger charge is 1.89. The topological polar surface area (TPSA) is 21.6 Å². The number of hydrogen-bond donors (Lipinski definition) is 0.